The Bertz CT molecular complexity index is 520. The van der Waals surface area contributed by atoms with Gasteiger partial charge < -0.3 is 0 Å². The molecule has 0 saturated heterocycles. The van der Waals surface area contributed by atoms with Crippen LogP contribution in [0.4, 0.5) is 0 Å². The number of nitrogens with zero attached hydrogens (tertiary/aromatic N) is 1. The van der Waals surface area contributed by atoms with E-state index in [-0.39, 0.29) is 14.7 Å². The van der Waals surface area contributed by atoms with Crippen LogP contribution >= 0.6 is 43.5 Å². The maximum atomic E-state index is 12.3. The second kappa shape index (κ2) is 6.70. The van der Waals surface area contributed by atoms with E-state index in [0.29, 0.717) is 6.54 Å². The molecule has 1 atom stereocenters. The molecule has 0 fully saturated rings. The number of hydrogen-bond acceptors (Lipinski definition) is 2. The van der Waals surface area contributed by atoms with E-state index >= 15 is 0 Å². The molecular formula is C11H14Br2ClNO2S. The summed E-state index contributed by atoms with van der Waals surface area (Å²) in [5, 5.41) is 0.225. The Hall–Kier alpha value is 0.380. The normalized spacial score (nSPS) is 13.9. The lowest BCUT2D eigenvalue weighted by atomic mass is 10.3. The first-order chi connectivity index (χ1) is 8.25. The molecule has 1 aromatic carbocycles. The first-order valence-corrected chi connectivity index (χ1v) is 8.83. The van der Waals surface area contributed by atoms with Crippen molar-refractivity contribution in [1.82, 2.24) is 4.31 Å². The fourth-order valence-electron chi connectivity index (χ4n) is 1.33. The average molecular weight is 420 g/mol. The second-order valence-corrected chi connectivity index (χ2v) is 8.87. The Morgan fingerprint density at radius 1 is 1.44 bits per heavy atom. The van der Waals surface area contributed by atoms with Crippen LogP contribution in [0.3, 0.4) is 0 Å². The predicted octanol–water partition coefficient (Wildman–Crippen LogP) is 3.90. The van der Waals surface area contributed by atoms with Crippen molar-refractivity contribution in [2.24, 2.45) is 0 Å². The van der Waals surface area contributed by atoms with Crippen LogP contribution in [0.1, 0.15) is 13.3 Å². The SMILES string of the molecule is CC(Br)CCN(C)S(=O)(=O)c1ccc(Br)cc1Cl. The Kier molecular flexibility index (Phi) is 6.12. The molecule has 0 aliphatic rings. The number of halogens is 3. The van der Waals surface area contributed by atoms with Crippen LogP contribution in [0, 0.1) is 0 Å². The van der Waals surface area contributed by atoms with E-state index in [1.807, 2.05) is 6.92 Å². The molecule has 0 heterocycles. The van der Waals surface area contributed by atoms with Gasteiger partial charge in [0.2, 0.25) is 10.0 Å². The summed E-state index contributed by atoms with van der Waals surface area (Å²) < 4.78 is 26.6. The Labute approximate surface area is 130 Å². The standard InChI is InChI=1S/C11H14Br2ClNO2S/c1-8(12)5-6-15(2)18(16,17)11-4-3-9(13)7-10(11)14/h3-4,7-8H,5-6H2,1-2H3. The lowest BCUT2D eigenvalue weighted by Gasteiger charge is -2.18. The van der Waals surface area contributed by atoms with Crippen molar-refractivity contribution in [2.75, 3.05) is 13.6 Å². The van der Waals surface area contributed by atoms with E-state index in [1.165, 1.54) is 10.4 Å². The molecule has 0 bridgehead atoms. The molecule has 1 aromatic rings. The molecule has 0 saturated carbocycles. The third kappa shape index (κ3) is 4.20. The van der Waals surface area contributed by atoms with E-state index in [0.717, 1.165) is 10.9 Å². The third-order valence-electron chi connectivity index (χ3n) is 2.42. The Morgan fingerprint density at radius 2 is 2.06 bits per heavy atom. The number of hydrogen-bond donors (Lipinski definition) is 0. The molecule has 1 unspecified atom stereocenters. The monoisotopic (exact) mass is 417 g/mol. The van der Waals surface area contributed by atoms with Gasteiger partial charge >= 0.3 is 0 Å². The highest BCUT2D eigenvalue weighted by atomic mass is 79.9. The van der Waals surface area contributed by atoms with Gasteiger partial charge in [0.15, 0.2) is 0 Å². The molecule has 0 spiro atoms. The van der Waals surface area contributed by atoms with Crippen molar-refractivity contribution in [3.8, 4) is 0 Å². The first kappa shape index (κ1) is 16.4. The minimum Gasteiger partial charge on any atom is -0.207 e. The van der Waals surface area contributed by atoms with Crippen LogP contribution in [0.15, 0.2) is 27.6 Å². The topological polar surface area (TPSA) is 37.4 Å². The van der Waals surface area contributed by atoms with Gasteiger partial charge in [0, 0.05) is 22.9 Å². The highest BCUT2D eigenvalue weighted by molar-refractivity contribution is 9.10. The molecule has 0 radical (unpaired) electrons. The smallest absolute Gasteiger partial charge is 0.207 e. The maximum Gasteiger partial charge on any atom is 0.244 e. The van der Waals surface area contributed by atoms with E-state index in [4.69, 9.17) is 11.6 Å². The van der Waals surface area contributed by atoms with Crippen molar-refractivity contribution in [3.63, 3.8) is 0 Å². The molecular weight excluding hydrogens is 405 g/mol. The zero-order chi connectivity index (χ0) is 13.9. The largest absolute Gasteiger partial charge is 0.244 e. The maximum absolute atomic E-state index is 12.3. The highest BCUT2D eigenvalue weighted by Crippen LogP contribution is 2.27. The van der Waals surface area contributed by atoms with Gasteiger partial charge in [-0.2, -0.15) is 0 Å². The summed E-state index contributed by atoms with van der Waals surface area (Å²) in [6.07, 6.45) is 0.740. The molecule has 0 aliphatic carbocycles. The molecule has 0 amide bonds. The Morgan fingerprint density at radius 3 is 2.56 bits per heavy atom. The van der Waals surface area contributed by atoms with Crippen molar-refractivity contribution in [2.45, 2.75) is 23.1 Å². The van der Waals surface area contributed by atoms with Gasteiger partial charge in [0.25, 0.3) is 0 Å². The second-order valence-electron chi connectivity index (χ2n) is 3.97. The van der Waals surface area contributed by atoms with Gasteiger partial charge in [0.05, 0.1) is 5.02 Å². The molecule has 3 nitrogen and oxygen atoms in total. The first-order valence-electron chi connectivity index (χ1n) is 5.30. The lowest BCUT2D eigenvalue weighted by molar-refractivity contribution is 0.462. The van der Waals surface area contributed by atoms with Crippen LogP contribution in [0.5, 0.6) is 0 Å². The van der Waals surface area contributed by atoms with Crippen LogP contribution in [-0.4, -0.2) is 31.1 Å². The Balaban J connectivity index is 2.98. The van der Waals surface area contributed by atoms with E-state index in [1.54, 1.807) is 19.2 Å². The van der Waals surface area contributed by atoms with E-state index < -0.39 is 10.0 Å². The zero-order valence-electron chi connectivity index (χ0n) is 10.0. The third-order valence-corrected chi connectivity index (χ3v) is 5.71. The fraction of sp³-hybridized carbons (Fsp3) is 0.455. The predicted molar refractivity (Wildman–Crippen MR) is 82.0 cm³/mol. The summed E-state index contributed by atoms with van der Waals surface area (Å²) in [6.45, 7) is 2.42. The van der Waals surface area contributed by atoms with Gasteiger partial charge in [-0.3, -0.25) is 0 Å². The van der Waals surface area contributed by atoms with Gasteiger partial charge in [-0.15, -0.1) is 0 Å². The summed E-state index contributed by atoms with van der Waals surface area (Å²) in [4.78, 5) is 0.410. The van der Waals surface area contributed by atoms with Crippen LogP contribution in [0.2, 0.25) is 5.02 Å². The van der Waals surface area contributed by atoms with Crippen molar-refractivity contribution in [3.05, 3.63) is 27.7 Å². The summed E-state index contributed by atoms with van der Waals surface area (Å²) in [6, 6.07) is 4.75. The van der Waals surface area contributed by atoms with Crippen LogP contribution < -0.4 is 0 Å². The van der Waals surface area contributed by atoms with Crippen molar-refractivity contribution >= 4 is 53.5 Å². The zero-order valence-corrected chi connectivity index (χ0v) is 14.8. The summed E-state index contributed by atoms with van der Waals surface area (Å²) in [5.41, 5.74) is 0. The number of benzene rings is 1. The van der Waals surface area contributed by atoms with Crippen molar-refractivity contribution in [1.29, 1.82) is 0 Å². The van der Waals surface area contributed by atoms with Gasteiger partial charge in [-0.1, -0.05) is 50.4 Å². The highest BCUT2D eigenvalue weighted by Gasteiger charge is 2.23. The number of alkyl halides is 1. The van der Waals surface area contributed by atoms with Crippen LogP contribution in [-0.2, 0) is 10.0 Å². The number of rotatable bonds is 5. The van der Waals surface area contributed by atoms with E-state index in [9.17, 15) is 8.42 Å². The average Bonchev–Trinajstić information content (AvgIpc) is 2.24. The summed E-state index contributed by atoms with van der Waals surface area (Å²) in [7, 11) is -1.96. The van der Waals surface area contributed by atoms with Gasteiger partial charge in [0.1, 0.15) is 4.90 Å². The van der Waals surface area contributed by atoms with E-state index in [2.05, 4.69) is 31.9 Å². The molecule has 7 heteroatoms. The van der Waals surface area contributed by atoms with Gasteiger partial charge in [-0.05, 0) is 24.6 Å². The van der Waals surface area contributed by atoms with Crippen molar-refractivity contribution < 1.29 is 8.42 Å². The molecule has 1 rings (SSSR count). The molecule has 0 N–H and O–H groups in total. The fourth-order valence-corrected chi connectivity index (χ4v) is 3.73. The minimum absolute atomic E-state index is 0.136. The minimum atomic E-state index is -3.52. The van der Waals surface area contributed by atoms with Gasteiger partial charge in [-0.25, -0.2) is 12.7 Å². The molecule has 0 aromatic heterocycles. The molecule has 0 aliphatic heterocycles. The quantitative estimate of drug-likeness (QED) is 0.679. The number of sulfonamides is 1. The lowest BCUT2D eigenvalue weighted by Crippen LogP contribution is -2.29. The molecule has 102 valence electrons. The summed E-state index contributed by atoms with van der Waals surface area (Å²) in [5.74, 6) is 0. The van der Waals surface area contributed by atoms with Crippen LogP contribution in [0.25, 0.3) is 0 Å². The summed E-state index contributed by atoms with van der Waals surface area (Å²) >= 11 is 12.6. The molecule has 18 heavy (non-hydrogen) atoms.